The summed E-state index contributed by atoms with van der Waals surface area (Å²) >= 11 is 0. The molecule has 2 atom stereocenters. The maximum atomic E-state index is 10.9. The Balaban J connectivity index is 1.83. The van der Waals surface area contributed by atoms with Crippen molar-refractivity contribution < 1.29 is 9.53 Å². The molecule has 2 unspecified atom stereocenters. The average molecular weight is 197 g/mol. The zero-order valence-corrected chi connectivity index (χ0v) is 8.65. The Morgan fingerprint density at radius 3 is 2.93 bits per heavy atom. The summed E-state index contributed by atoms with van der Waals surface area (Å²) in [6.45, 7) is 2.94. The van der Waals surface area contributed by atoms with Crippen molar-refractivity contribution in [2.24, 2.45) is 0 Å². The van der Waals surface area contributed by atoms with E-state index in [1.54, 1.807) is 0 Å². The maximum absolute atomic E-state index is 10.9. The Hall–Kier alpha value is -0.410. The molecule has 2 aliphatic rings. The van der Waals surface area contributed by atoms with Crippen LogP contribution in [0.4, 0.5) is 0 Å². The van der Waals surface area contributed by atoms with Crippen LogP contribution in [-0.2, 0) is 9.53 Å². The van der Waals surface area contributed by atoms with E-state index in [0.29, 0.717) is 6.10 Å². The number of likely N-dealkylation sites (tertiary alicyclic amines) is 1. The fraction of sp³-hybridized carbons (Fsp3) is 0.909. The third-order valence-electron chi connectivity index (χ3n) is 3.28. The largest absolute Gasteiger partial charge is 0.377 e. The molecule has 14 heavy (non-hydrogen) atoms. The van der Waals surface area contributed by atoms with E-state index in [-0.39, 0.29) is 6.04 Å². The van der Waals surface area contributed by atoms with Gasteiger partial charge in [0.15, 0.2) is 0 Å². The van der Waals surface area contributed by atoms with Crippen molar-refractivity contribution in [2.75, 3.05) is 19.7 Å². The fourth-order valence-electron chi connectivity index (χ4n) is 2.45. The lowest BCUT2D eigenvalue weighted by Crippen LogP contribution is -2.44. The Kier molecular flexibility index (Phi) is 3.54. The number of piperidine rings is 1. The zero-order chi connectivity index (χ0) is 9.80. The van der Waals surface area contributed by atoms with Crippen LogP contribution in [0.5, 0.6) is 0 Å². The lowest BCUT2D eigenvalue weighted by Gasteiger charge is -2.33. The van der Waals surface area contributed by atoms with Crippen LogP contribution in [0.25, 0.3) is 0 Å². The summed E-state index contributed by atoms with van der Waals surface area (Å²) in [5, 5.41) is 0. The van der Waals surface area contributed by atoms with Crippen molar-refractivity contribution in [1.29, 1.82) is 0 Å². The first kappa shape index (κ1) is 10.1. The molecule has 2 heterocycles. The summed E-state index contributed by atoms with van der Waals surface area (Å²) in [4.78, 5) is 13.2. The van der Waals surface area contributed by atoms with Gasteiger partial charge < -0.3 is 9.53 Å². The van der Waals surface area contributed by atoms with Crippen molar-refractivity contribution in [3.63, 3.8) is 0 Å². The van der Waals surface area contributed by atoms with Gasteiger partial charge in [-0.3, -0.25) is 4.90 Å². The number of aldehydes is 1. The molecule has 2 saturated heterocycles. The summed E-state index contributed by atoms with van der Waals surface area (Å²) < 4.78 is 5.59. The first-order valence-electron chi connectivity index (χ1n) is 5.71. The average Bonchev–Trinajstić information content (AvgIpc) is 2.71. The van der Waals surface area contributed by atoms with Crippen molar-refractivity contribution in [1.82, 2.24) is 4.90 Å². The van der Waals surface area contributed by atoms with Gasteiger partial charge in [0.2, 0.25) is 0 Å². The van der Waals surface area contributed by atoms with E-state index >= 15 is 0 Å². The van der Waals surface area contributed by atoms with E-state index in [0.717, 1.165) is 32.4 Å². The monoisotopic (exact) mass is 197 g/mol. The highest BCUT2D eigenvalue weighted by Crippen LogP contribution is 2.19. The van der Waals surface area contributed by atoms with Gasteiger partial charge in [-0.1, -0.05) is 6.42 Å². The van der Waals surface area contributed by atoms with Crippen molar-refractivity contribution >= 4 is 6.29 Å². The van der Waals surface area contributed by atoms with Crippen LogP contribution >= 0.6 is 0 Å². The second kappa shape index (κ2) is 4.89. The van der Waals surface area contributed by atoms with E-state index < -0.39 is 0 Å². The maximum Gasteiger partial charge on any atom is 0.137 e. The highest BCUT2D eigenvalue weighted by Gasteiger charge is 2.26. The van der Waals surface area contributed by atoms with Gasteiger partial charge >= 0.3 is 0 Å². The topological polar surface area (TPSA) is 29.5 Å². The molecule has 0 radical (unpaired) electrons. The summed E-state index contributed by atoms with van der Waals surface area (Å²) in [5.74, 6) is 0. The summed E-state index contributed by atoms with van der Waals surface area (Å²) in [6.07, 6.45) is 7.31. The molecular formula is C11H19NO2. The van der Waals surface area contributed by atoms with Crippen LogP contribution in [0.15, 0.2) is 0 Å². The first-order valence-corrected chi connectivity index (χ1v) is 5.71. The number of carbonyl (C=O) groups excluding carboxylic acids is 1. The lowest BCUT2D eigenvalue weighted by molar-refractivity contribution is -0.114. The van der Waals surface area contributed by atoms with Crippen molar-refractivity contribution in [3.05, 3.63) is 0 Å². The Morgan fingerprint density at radius 1 is 1.29 bits per heavy atom. The number of nitrogens with zero attached hydrogens (tertiary/aromatic N) is 1. The third-order valence-corrected chi connectivity index (χ3v) is 3.28. The van der Waals surface area contributed by atoms with Crippen LogP contribution < -0.4 is 0 Å². The minimum atomic E-state index is 0.160. The molecule has 80 valence electrons. The molecule has 2 aliphatic heterocycles. The summed E-state index contributed by atoms with van der Waals surface area (Å²) in [5.41, 5.74) is 0. The molecule has 2 rings (SSSR count). The second-order valence-electron chi connectivity index (χ2n) is 4.33. The molecule has 0 saturated carbocycles. The van der Waals surface area contributed by atoms with E-state index in [1.807, 2.05) is 0 Å². The molecule has 0 aromatic carbocycles. The molecular weight excluding hydrogens is 178 g/mol. The van der Waals surface area contributed by atoms with Gasteiger partial charge in [-0.05, 0) is 32.2 Å². The Morgan fingerprint density at radius 2 is 2.21 bits per heavy atom. The predicted molar refractivity (Wildman–Crippen MR) is 54.3 cm³/mol. The van der Waals surface area contributed by atoms with Crippen LogP contribution in [0, 0.1) is 0 Å². The highest BCUT2D eigenvalue weighted by molar-refractivity contribution is 5.57. The zero-order valence-electron chi connectivity index (χ0n) is 8.65. The number of rotatable bonds is 3. The van der Waals surface area contributed by atoms with Gasteiger partial charge in [0.05, 0.1) is 12.1 Å². The lowest BCUT2D eigenvalue weighted by atomic mass is 10.0. The van der Waals surface area contributed by atoms with E-state index in [4.69, 9.17) is 4.74 Å². The van der Waals surface area contributed by atoms with Crippen LogP contribution in [0.2, 0.25) is 0 Å². The summed E-state index contributed by atoms with van der Waals surface area (Å²) in [6, 6.07) is 0.160. The smallest absolute Gasteiger partial charge is 0.137 e. The molecule has 0 bridgehead atoms. The first-order chi connectivity index (χ1) is 6.90. The quantitative estimate of drug-likeness (QED) is 0.637. The molecule has 0 aliphatic carbocycles. The third kappa shape index (κ3) is 2.34. The van der Waals surface area contributed by atoms with E-state index in [2.05, 4.69) is 4.90 Å². The number of ether oxygens (including phenoxy) is 1. The number of hydrogen-bond donors (Lipinski definition) is 0. The molecule has 0 aromatic rings. The fourth-order valence-corrected chi connectivity index (χ4v) is 2.45. The van der Waals surface area contributed by atoms with Gasteiger partial charge in [-0.15, -0.1) is 0 Å². The number of hydrogen-bond acceptors (Lipinski definition) is 3. The molecule has 0 N–H and O–H groups in total. The summed E-state index contributed by atoms with van der Waals surface area (Å²) in [7, 11) is 0. The standard InChI is InChI=1S/C11H19NO2/c13-9-10-4-1-2-6-12(10)8-11-5-3-7-14-11/h9-11H,1-8H2. The molecule has 0 aromatic heterocycles. The van der Waals surface area contributed by atoms with Gasteiger partial charge in [-0.25, -0.2) is 0 Å². The van der Waals surface area contributed by atoms with Gasteiger partial charge in [0.1, 0.15) is 6.29 Å². The second-order valence-corrected chi connectivity index (χ2v) is 4.33. The molecule has 3 heteroatoms. The van der Waals surface area contributed by atoms with Crippen LogP contribution in [0.1, 0.15) is 32.1 Å². The van der Waals surface area contributed by atoms with Gasteiger partial charge in [-0.2, -0.15) is 0 Å². The van der Waals surface area contributed by atoms with E-state index in [1.165, 1.54) is 25.7 Å². The molecule has 0 amide bonds. The highest BCUT2D eigenvalue weighted by atomic mass is 16.5. The Labute approximate surface area is 85.4 Å². The van der Waals surface area contributed by atoms with Gasteiger partial charge in [0.25, 0.3) is 0 Å². The van der Waals surface area contributed by atoms with Crippen LogP contribution in [-0.4, -0.2) is 43.0 Å². The normalized spacial score (nSPS) is 34.6. The van der Waals surface area contributed by atoms with Crippen LogP contribution in [0.3, 0.4) is 0 Å². The number of carbonyl (C=O) groups is 1. The molecule has 3 nitrogen and oxygen atoms in total. The molecule has 0 spiro atoms. The molecule has 2 fully saturated rings. The minimum absolute atomic E-state index is 0.160. The van der Waals surface area contributed by atoms with Crippen molar-refractivity contribution in [2.45, 2.75) is 44.2 Å². The predicted octanol–water partition coefficient (Wildman–Crippen LogP) is 1.22. The van der Waals surface area contributed by atoms with E-state index in [9.17, 15) is 4.79 Å². The van der Waals surface area contributed by atoms with Gasteiger partial charge in [0, 0.05) is 13.2 Å². The van der Waals surface area contributed by atoms with Crippen molar-refractivity contribution in [3.8, 4) is 0 Å². The Bertz CT molecular complexity index is 190. The SMILES string of the molecule is O=CC1CCCCN1CC1CCCO1. The minimum Gasteiger partial charge on any atom is -0.377 e.